The van der Waals surface area contributed by atoms with Crippen LogP contribution in [-0.4, -0.2) is 93.1 Å². The van der Waals surface area contributed by atoms with Crippen LogP contribution in [0.1, 0.15) is 97.9 Å². The van der Waals surface area contributed by atoms with Crippen LogP contribution in [0.3, 0.4) is 0 Å². The van der Waals surface area contributed by atoms with E-state index in [9.17, 15) is 40.2 Å². The number of hydrogen-bond donors (Lipinski definition) is 8. The topological polar surface area (TPSA) is 198 Å². The molecular weight excluding hydrogens is 841 g/mol. The number of nitrogens with one attached hydrogen (secondary N) is 2. The molecule has 0 radical (unpaired) electrons. The first-order valence-corrected chi connectivity index (χ1v) is 24.7. The fraction of sp³-hybridized carbons (Fsp3) is 0.510. The van der Waals surface area contributed by atoms with Crippen LogP contribution in [0, 0.1) is 11.8 Å². The van der Waals surface area contributed by atoms with E-state index in [4.69, 9.17) is 9.47 Å². The van der Waals surface area contributed by atoms with Crippen LogP contribution in [0.15, 0.2) is 48.5 Å². The third-order valence-corrected chi connectivity index (χ3v) is 15.9. The minimum absolute atomic E-state index is 0.0122. The molecule has 4 aromatic rings. The van der Waals surface area contributed by atoms with Crippen LogP contribution in [-0.2, 0) is 45.9 Å². The number of phenolic OH excluding ortho intramolecular Hbond substituents is 2. The van der Waals surface area contributed by atoms with E-state index in [-0.39, 0.29) is 79.4 Å². The predicted octanol–water partition coefficient (Wildman–Crippen LogP) is 7.28. The summed E-state index contributed by atoms with van der Waals surface area (Å²) in [5.41, 5.74) is 7.46. The van der Waals surface area contributed by atoms with Crippen molar-refractivity contribution in [1.82, 2.24) is 5.32 Å². The molecule has 14 heteroatoms. The van der Waals surface area contributed by atoms with Gasteiger partial charge in [0.2, 0.25) is 0 Å². The van der Waals surface area contributed by atoms with Crippen molar-refractivity contribution in [2.75, 3.05) is 38.7 Å². The second kappa shape index (κ2) is 21.9. The molecule has 8 N–H and O–H groups in total. The molecule has 63 heavy (non-hydrogen) atoms. The van der Waals surface area contributed by atoms with Crippen LogP contribution in [0.4, 0.5) is 5.69 Å². The van der Waals surface area contributed by atoms with Crippen LogP contribution < -0.4 is 15.4 Å². The number of aryl methyl sites for hydroxylation is 1. The van der Waals surface area contributed by atoms with Gasteiger partial charge in [-0.15, -0.1) is 0 Å². The number of methoxy groups -OCH3 is 1. The van der Waals surface area contributed by atoms with Crippen LogP contribution >= 0.6 is 21.6 Å². The molecule has 0 aromatic heterocycles. The highest BCUT2D eigenvalue weighted by Gasteiger charge is 2.38. The van der Waals surface area contributed by atoms with Gasteiger partial charge in [0.1, 0.15) is 23.5 Å². The summed E-state index contributed by atoms with van der Waals surface area (Å²) < 4.78 is 13.0. The fourth-order valence-electron chi connectivity index (χ4n) is 9.74. The first kappa shape index (κ1) is 47.1. The summed E-state index contributed by atoms with van der Waals surface area (Å²) in [7, 11) is 4.81. The third-order valence-electron chi connectivity index (χ3n) is 13.0. The van der Waals surface area contributed by atoms with E-state index in [0.717, 1.165) is 62.7 Å². The molecule has 2 heterocycles. The Labute approximate surface area is 377 Å². The number of rotatable bonds is 14. The number of aliphatic hydroxyl groups is 4. The van der Waals surface area contributed by atoms with E-state index in [2.05, 4.69) is 10.6 Å². The molecule has 12 nitrogen and oxygen atoms in total. The van der Waals surface area contributed by atoms with Crippen molar-refractivity contribution < 1.29 is 49.7 Å². The highest BCUT2D eigenvalue weighted by molar-refractivity contribution is 8.76. The van der Waals surface area contributed by atoms with E-state index < -0.39 is 18.4 Å². The van der Waals surface area contributed by atoms with E-state index in [0.29, 0.717) is 74.1 Å². The van der Waals surface area contributed by atoms with Gasteiger partial charge in [0, 0.05) is 53.9 Å². The van der Waals surface area contributed by atoms with Gasteiger partial charge in [-0.25, -0.2) is 0 Å². The second-order valence-corrected chi connectivity index (χ2v) is 19.9. The van der Waals surface area contributed by atoms with Crippen LogP contribution in [0.2, 0.25) is 0 Å². The number of anilines is 1. The molecule has 6 atom stereocenters. The van der Waals surface area contributed by atoms with E-state index >= 15 is 0 Å². The van der Waals surface area contributed by atoms with Gasteiger partial charge in [0.25, 0.3) is 0 Å². The molecule has 2 bridgehead atoms. The van der Waals surface area contributed by atoms with Crippen molar-refractivity contribution >= 4 is 49.6 Å². The number of carbonyl (C=O) groups excluding carboxylic acids is 2. The number of aromatic hydroxyl groups is 2. The molecule has 2 aliphatic heterocycles. The van der Waals surface area contributed by atoms with Gasteiger partial charge in [0.15, 0.2) is 11.5 Å². The van der Waals surface area contributed by atoms with Crippen molar-refractivity contribution in [2.45, 2.75) is 114 Å². The zero-order chi connectivity index (χ0) is 44.6. The Bertz CT molecular complexity index is 2250. The highest BCUT2D eigenvalue weighted by Crippen LogP contribution is 2.48. The average Bonchev–Trinajstić information content (AvgIpc) is 3.28. The number of benzene rings is 4. The standard InChI is InChI=1S/C49H62N2O10S2/c1-28(55)24-51-47-33(26-54)20-40(39-19-29(25-53)5-13-37(39)47)49(50-17-3-4-18-52)61-44-23-35(57)12-7-31-9-15-42(58)48(60-2)46(31)36-14-8-30-6-11-34(56)22-38(30)41(36)27-62-63-45-16-10-32(44)21-43(45)59/h6,8-9,11,14-15,20,22,29,32,43-45,49-54,56,58-59H,3-5,7,10,12-13,16-19,21,23-27H2,1-2H3. The van der Waals surface area contributed by atoms with E-state index in [1.165, 1.54) is 14.0 Å². The molecular formula is C49H62N2O10S2. The molecule has 8 rings (SSSR count). The van der Waals surface area contributed by atoms with Crippen molar-refractivity contribution in [3.63, 3.8) is 0 Å². The largest absolute Gasteiger partial charge is 0.508 e. The summed E-state index contributed by atoms with van der Waals surface area (Å²) >= 11 is 0. The van der Waals surface area contributed by atoms with Crippen molar-refractivity contribution in [3.05, 3.63) is 81.9 Å². The van der Waals surface area contributed by atoms with Gasteiger partial charge in [-0.05, 0) is 152 Å². The number of phenols is 2. The number of fused-ring (bicyclic) bond motifs is 10. The van der Waals surface area contributed by atoms with Crippen LogP contribution in [0.25, 0.3) is 21.9 Å². The Hall–Kier alpha value is -3.86. The molecule has 340 valence electrons. The number of aliphatic hydroxyl groups excluding tert-OH is 4. The first-order valence-electron chi connectivity index (χ1n) is 22.3. The lowest BCUT2D eigenvalue weighted by atomic mass is 9.79. The number of Topliss-reactive ketones (excluding diaryl/α,β-unsaturated/α-hetero) is 2. The minimum atomic E-state index is -0.719. The maximum atomic E-state index is 14.4. The summed E-state index contributed by atoms with van der Waals surface area (Å²) in [5.74, 6) is 0.784. The molecule has 2 aliphatic carbocycles. The van der Waals surface area contributed by atoms with Crippen LogP contribution in [0.5, 0.6) is 17.2 Å². The Morgan fingerprint density at radius 1 is 0.937 bits per heavy atom. The lowest BCUT2D eigenvalue weighted by molar-refractivity contribution is -0.128. The Kier molecular flexibility index (Phi) is 16.4. The summed E-state index contributed by atoms with van der Waals surface area (Å²) in [4.78, 5) is 26.5. The lowest BCUT2D eigenvalue weighted by Crippen LogP contribution is -2.41. The number of hydrogen-bond acceptors (Lipinski definition) is 14. The third kappa shape index (κ3) is 11.0. The predicted molar refractivity (Wildman–Crippen MR) is 249 cm³/mol. The number of carbonyl (C=O) groups is 2. The minimum Gasteiger partial charge on any atom is -0.508 e. The lowest BCUT2D eigenvalue weighted by Gasteiger charge is -2.39. The highest BCUT2D eigenvalue weighted by atomic mass is 33.1. The first-order chi connectivity index (χ1) is 30.5. The maximum Gasteiger partial charge on any atom is 0.168 e. The van der Waals surface area contributed by atoms with E-state index in [1.54, 1.807) is 39.8 Å². The van der Waals surface area contributed by atoms with Gasteiger partial charge in [-0.2, -0.15) is 0 Å². The van der Waals surface area contributed by atoms with Gasteiger partial charge < -0.3 is 45.4 Å². The zero-order valence-electron chi connectivity index (χ0n) is 36.2. The summed E-state index contributed by atoms with van der Waals surface area (Å²) in [6.07, 6.45) is 3.77. The van der Waals surface area contributed by atoms with Gasteiger partial charge in [-0.1, -0.05) is 45.9 Å². The summed E-state index contributed by atoms with van der Waals surface area (Å²) in [5, 5.41) is 72.8. The number of ketones is 2. The SMILES string of the molecule is COc1c(O)ccc2c1-c1ccc3ccc(O)cc3c1CSSC1CCC(CC1O)C(OC(NCCCCO)c1cc(CO)c(NCC(C)=O)c3c1CC(CO)CC3)CC(=O)CC2. The normalized spacial score (nSPS) is 22.3. The average molecular weight is 903 g/mol. The van der Waals surface area contributed by atoms with Crippen molar-refractivity contribution in [1.29, 1.82) is 0 Å². The monoisotopic (exact) mass is 902 g/mol. The number of ether oxygens (including phenoxy) is 2. The zero-order valence-corrected chi connectivity index (χ0v) is 37.9. The van der Waals surface area contributed by atoms with Gasteiger partial charge >= 0.3 is 0 Å². The molecule has 6 unspecified atom stereocenters. The molecule has 4 aliphatic rings. The molecule has 0 saturated heterocycles. The van der Waals surface area contributed by atoms with Crippen molar-refractivity contribution in [2.24, 2.45) is 11.8 Å². The molecule has 1 fully saturated rings. The Balaban J connectivity index is 1.28. The molecule has 1 saturated carbocycles. The van der Waals surface area contributed by atoms with Gasteiger partial charge in [-0.3, -0.25) is 14.9 Å². The smallest absolute Gasteiger partial charge is 0.168 e. The maximum absolute atomic E-state index is 14.4. The fourth-order valence-corrected chi connectivity index (χ4v) is 12.6. The number of unbranched alkanes of at least 4 members (excludes halogenated alkanes) is 1. The second-order valence-electron chi connectivity index (χ2n) is 17.3. The summed E-state index contributed by atoms with van der Waals surface area (Å²) in [6, 6.07) is 14.7. The van der Waals surface area contributed by atoms with Gasteiger partial charge in [0.05, 0.1) is 32.5 Å². The van der Waals surface area contributed by atoms with Crippen molar-refractivity contribution in [3.8, 4) is 28.4 Å². The molecule has 0 spiro atoms. The Morgan fingerprint density at radius 3 is 2.51 bits per heavy atom. The quantitative estimate of drug-likeness (QED) is 0.0357. The molecule has 4 aromatic carbocycles. The molecule has 0 amide bonds. The Morgan fingerprint density at radius 2 is 1.76 bits per heavy atom. The summed E-state index contributed by atoms with van der Waals surface area (Å²) in [6.45, 7) is 1.92. The van der Waals surface area contributed by atoms with E-state index in [1.807, 2.05) is 30.3 Å².